The Kier molecular flexibility index (Phi) is 5.10. The van der Waals surface area contributed by atoms with E-state index in [0.29, 0.717) is 5.56 Å². The summed E-state index contributed by atoms with van der Waals surface area (Å²) in [6, 6.07) is 15.5. The Morgan fingerprint density at radius 3 is 2.74 bits per heavy atom. The Hall–Kier alpha value is -2.11. The van der Waals surface area contributed by atoms with Gasteiger partial charge in [-0.05, 0) is 48.2 Å². The molecule has 3 nitrogen and oxygen atoms in total. The summed E-state index contributed by atoms with van der Waals surface area (Å²) in [5.41, 5.74) is 3.68. The van der Waals surface area contributed by atoms with Gasteiger partial charge in [0.15, 0.2) is 0 Å². The molecule has 23 heavy (non-hydrogen) atoms. The molecule has 0 aliphatic rings. The van der Waals surface area contributed by atoms with Crippen molar-refractivity contribution < 1.29 is 4.79 Å². The van der Waals surface area contributed by atoms with Crippen LogP contribution in [-0.4, -0.2) is 17.1 Å². The van der Waals surface area contributed by atoms with E-state index in [0.717, 1.165) is 27.6 Å². The van der Waals surface area contributed by atoms with E-state index in [1.165, 1.54) is 0 Å². The number of carbonyl (C=O) groups excluding carboxylic acids is 1. The number of carbonyl (C=O) groups is 1. The van der Waals surface area contributed by atoms with Crippen molar-refractivity contribution in [2.45, 2.75) is 5.75 Å². The highest BCUT2D eigenvalue weighted by atomic mass is 32.2. The number of nitrogens with one attached hydrogen (secondary N) is 1. The summed E-state index contributed by atoms with van der Waals surface area (Å²) >= 11 is 3.34. The van der Waals surface area contributed by atoms with E-state index in [2.05, 4.69) is 16.6 Å². The van der Waals surface area contributed by atoms with Gasteiger partial charge in [0.25, 0.3) is 5.91 Å². The lowest BCUT2D eigenvalue weighted by Gasteiger charge is -2.07. The molecule has 0 aliphatic heterocycles. The molecule has 2 aromatic carbocycles. The molecule has 1 N–H and O–H groups in total. The fraction of sp³-hybridized carbons (Fsp3) is 0.111. The molecule has 0 atom stereocenters. The molecule has 0 radical (unpaired) electrons. The van der Waals surface area contributed by atoms with Crippen LogP contribution in [0.2, 0.25) is 0 Å². The second-order valence-electron chi connectivity index (χ2n) is 5.00. The van der Waals surface area contributed by atoms with Gasteiger partial charge in [0.2, 0.25) is 0 Å². The number of thioether (sulfide) groups is 1. The second kappa shape index (κ2) is 7.44. The third-order valence-corrected chi connectivity index (χ3v) is 4.77. The van der Waals surface area contributed by atoms with Crippen LogP contribution in [0.3, 0.4) is 0 Å². The van der Waals surface area contributed by atoms with Crippen LogP contribution in [0.4, 0.5) is 5.69 Å². The van der Waals surface area contributed by atoms with Gasteiger partial charge >= 0.3 is 0 Å². The van der Waals surface area contributed by atoms with Gasteiger partial charge in [0, 0.05) is 34.1 Å². The molecule has 0 bridgehead atoms. The Morgan fingerprint density at radius 2 is 2.04 bits per heavy atom. The molecule has 0 spiro atoms. The Balaban J connectivity index is 1.71. The van der Waals surface area contributed by atoms with Crippen LogP contribution >= 0.6 is 23.1 Å². The number of hydrogen-bond donors (Lipinski definition) is 1. The first kappa shape index (κ1) is 15.8. The smallest absolute Gasteiger partial charge is 0.255 e. The Morgan fingerprint density at radius 1 is 1.22 bits per heavy atom. The van der Waals surface area contributed by atoms with Crippen molar-refractivity contribution in [1.29, 1.82) is 0 Å². The number of rotatable bonds is 5. The predicted octanol–water partition coefficient (Wildman–Crippen LogP) is 4.93. The summed E-state index contributed by atoms with van der Waals surface area (Å²) in [6.45, 7) is 0. The van der Waals surface area contributed by atoms with Crippen LogP contribution in [0.1, 0.15) is 15.9 Å². The zero-order chi connectivity index (χ0) is 16.1. The summed E-state index contributed by atoms with van der Waals surface area (Å²) in [5.74, 6) is 0.818. The molecule has 3 aromatic rings. The largest absolute Gasteiger partial charge is 0.322 e. The molecule has 0 saturated carbocycles. The number of aromatic nitrogens is 1. The molecule has 0 fully saturated rings. The molecule has 0 unspecified atom stereocenters. The summed E-state index contributed by atoms with van der Waals surface area (Å²) in [7, 11) is 0. The van der Waals surface area contributed by atoms with Crippen LogP contribution in [0.5, 0.6) is 0 Å². The topological polar surface area (TPSA) is 42.0 Å². The first-order valence-electron chi connectivity index (χ1n) is 7.15. The van der Waals surface area contributed by atoms with Crippen LogP contribution in [0, 0.1) is 0 Å². The van der Waals surface area contributed by atoms with Crippen molar-refractivity contribution in [3.05, 3.63) is 71.2 Å². The highest BCUT2D eigenvalue weighted by molar-refractivity contribution is 7.97. The Labute approximate surface area is 143 Å². The van der Waals surface area contributed by atoms with Gasteiger partial charge in [0.1, 0.15) is 5.01 Å². The molecule has 0 aliphatic carbocycles. The van der Waals surface area contributed by atoms with Crippen molar-refractivity contribution >= 4 is 34.7 Å². The highest BCUT2D eigenvalue weighted by Gasteiger charge is 2.07. The van der Waals surface area contributed by atoms with Gasteiger partial charge in [0.05, 0.1) is 0 Å². The molecule has 5 heteroatoms. The normalized spacial score (nSPS) is 10.5. The van der Waals surface area contributed by atoms with E-state index in [1.54, 1.807) is 29.3 Å². The number of thiazole rings is 1. The van der Waals surface area contributed by atoms with Crippen molar-refractivity contribution in [2.24, 2.45) is 0 Å². The minimum absolute atomic E-state index is 0.0880. The van der Waals surface area contributed by atoms with E-state index < -0.39 is 0 Å². The first-order valence-corrected chi connectivity index (χ1v) is 9.43. The van der Waals surface area contributed by atoms with Crippen molar-refractivity contribution in [3.63, 3.8) is 0 Å². The molecular formula is C18H16N2OS2. The van der Waals surface area contributed by atoms with Gasteiger partial charge in [-0.1, -0.05) is 12.1 Å². The highest BCUT2D eigenvalue weighted by Crippen LogP contribution is 2.23. The molecule has 0 saturated heterocycles. The van der Waals surface area contributed by atoms with Crippen LogP contribution in [0.25, 0.3) is 10.6 Å². The van der Waals surface area contributed by atoms with E-state index in [4.69, 9.17) is 0 Å². The number of nitrogens with zero attached hydrogens (tertiary/aromatic N) is 1. The van der Waals surface area contributed by atoms with Crippen molar-refractivity contribution in [2.75, 3.05) is 11.6 Å². The lowest BCUT2D eigenvalue weighted by atomic mass is 10.1. The van der Waals surface area contributed by atoms with Gasteiger partial charge in [-0.2, -0.15) is 11.8 Å². The maximum Gasteiger partial charge on any atom is 0.255 e. The standard InChI is InChI=1S/C18H16N2OS2/c1-22-12-13-3-2-4-15(11-13)17(21)20-16-7-5-14(6-8-16)18-19-9-10-23-18/h2-11H,12H2,1H3,(H,20,21). The maximum absolute atomic E-state index is 12.4. The van der Waals surface area contributed by atoms with Crippen molar-refractivity contribution in [3.8, 4) is 10.6 Å². The fourth-order valence-electron chi connectivity index (χ4n) is 2.23. The average Bonchev–Trinajstić information content (AvgIpc) is 3.11. The molecule has 116 valence electrons. The van der Waals surface area contributed by atoms with Gasteiger partial charge < -0.3 is 5.32 Å². The lowest BCUT2D eigenvalue weighted by Crippen LogP contribution is -2.12. The quantitative estimate of drug-likeness (QED) is 0.716. The van der Waals surface area contributed by atoms with Gasteiger partial charge in [-0.15, -0.1) is 11.3 Å². The van der Waals surface area contributed by atoms with Gasteiger partial charge in [-0.3, -0.25) is 4.79 Å². The minimum atomic E-state index is -0.0880. The van der Waals surface area contributed by atoms with Crippen molar-refractivity contribution in [1.82, 2.24) is 4.98 Å². The van der Waals surface area contributed by atoms with Crippen LogP contribution in [0.15, 0.2) is 60.1 Å². The summed E-state index contributed by atoms with van der Waals surface area (Å²) in [4.78, 5) is 16.6. The Bertz CT molecular complexity index is 783. The summed E-state index contributed by atoms with van der Waals surface area (Å²) in [5, 5.41) is 5.87. The predicted molar refractivity (Wildman–Crippen MR) is 99.2 cm³/mol. The number of benzene rings is 2. The fourth-order valence-corrected chi connectivity index (χ4v) is 3.39. The number of anilines is 1. The third kappa shape index (κ3) is 4.00. The van der Waals surface area contributed by atoms with E-state index in [9.17, 15) is 4.79 Å². The van der Waals surface area contributed by atoms with E-state index in [-0.39, 0.29) is 5.91 Å². The maximum atomic E-state index is 12.4. The van der Waals surface area contributed by atoms with Crippen LogP contribution in [-0.2, 0) is 5.75 Å². The van der Waals surface area contributed by atoms with Crippen LogP contribution < -0.4 is 5.32 Å². The second-order valence-corrected chi connectivity index (χ2v) is 6.76. The third-order valence-electron chi connectivity index (χ3n) is 3.32. The summed E-state index contributed by atoms with van der Waals surface area (Å²) in [6.07, 6.45) is 3.84. The molecule has 3 rings (SSSR count). The molecule has 1 aromatic heterocycles. The zero-order valence-corrected chi connectivity index (χ0v) is 14.3. The van der Waals surface area contributed by atoms with E-state index >= 15 is 0 Å². The van der Waals surface area contributed by atoms with Gasteiger partial charge in [-0.25, -0.2) is 4.98 Å². The monoisotopic (exact) mass is 340 g/mol. The average molecular weight is 340 g/mol. The first-order chi connectivity index (χ1) is 11.3. The molecule has 1 heterocycles. The SMILES string of the molecule is CSCc1cccc(C(=O)Nc2ccc(-c3nccs3)cc2)c1. The van der Waals surface area contributed by atoms with E-state index in [1.807, 2.05) is 53.9 Å². The summed E-state index contributed by atoms with van der Waals surface area (Å²) < 4.78 is 0. The lowest BCUT2D eigenvalue weighted by molar-refractivity contribution is 0.102. The number of hydrogen-bond acceptors (Lipinski definition) is 4. The minimum Gasteiger partial charge on any atom is -0.322 e. The molecule has 1 amide bonds. The molecular weight excluding hydrogens is 324 g/mol. The zero-order valence-electron chi connectivity index (χ0n) is 12.7. The number of amides is 1.